The third-order valence-electron chi connectivity index (χ3n) is 7.97. The van der Waals surface area contributed by atoms with Crippen LogP contribution in [0.4, 0.5) is 11.4 Å². The average Bonchev–Trinajstić information content (AvgIpc) is 2.93. The van der Waals surface area contributed by atoms with Crippen molar-refractivity contribution in [2.45, 2.75) is 25.6 Å². The highest BCUT2D eigenvalue weighted by molar-refractivity contribution is 5.95. The van der Waals surface area contributed by atoms with E-state index in [2.05, 4.69) is 66.1 Å². The molecule has 186 valence electrons. The van der Waals surface area contributed by atoms with Crippen molar-refractivity contribution >= 4 is 22.3 Å². The predicted octanol–water partition coefficient (Wildman–Crippen LogP) is 2.31. The fourth-order valence-corrected chi connectivity index (χ4v) is 6.21. The first-order valence-electron chi connectivity index (χ1n) is 13.1. The molecule has 6 rings (SSSR count). The molecule has 5 heterocycles. The van der Waals surface area contributed by atoms with Crippen LogP contribution in [0.1, 0.15) is 18.1 Å². The van der Waals surface area contributed by atoms with E-state index in [9.17, 15) is 5.26 Å². The first-order valence-corrected chi connectivity index (χ1v) is 13.1. The maximum atomic E-state index is 9.55. The lowest BCUT2D eigenvalue weighted by atomic mass is 10.0. The Kier molecular flexibility index (Phi) is 6.45. The van der Waals surface area contributed by atoms with Crippen molar-refractivity contribution in [1.29, 1.82) is 5.26 Å². The number of nitrogens with one attached hydrogen (secondary N) is 1. The Balaban J connectivity index is 1.18. The van der Waals surface area contributed by atoms with E-state index in [0.29, 0.717) is 17.6 Å². The molecule has 2 atom stereocenters. The molecule has 3 aliphatic heterocycles. The van der Waals surface area contributed by atoms with Gasteiger partial charge in [0.15, 0.2) is 0 Å². The van der Waals surface area contributed by atoms with E-state index in [-0.39, 0.29) is 0 Å². The van der Waals surface area contributed by atoms with Crippen molar-refractivity contribution in [2.75, 3.05) is 68.7 Å². The van der Waals surface area contributed by atoms with E-state index >= 15 is 0 Å². The summed E-state index contributed by atoms with van der Waals surface area (Å²) in [5.41, 5.74) is 5.17. The van der Waals surface area contributed by atoms with Gasteiger partial charge in [-0.2, -0.15) is 5.26 Å². The Morgan fingerprint density at radius 1 is 1.03 bits per heavy atom. The summed E-state index contributed by atoms with van der Waals surface area (Å²) in [4.78, 5) is 19.3. The lowest BCUT2D eigenvalue weighted by molar-refractivity contribution is 0.0317. The molecule has 0 radical (unpaired) electrons. The number of benzene rings is 1. The summed E-state index contributed by atoms with van der Waals surface area (Å²) in [6.45, 7) is 12.6. The van der Waals surface area contributed by atoms with Gasteiger partial charge in [-0.25, -0.2) is 0 Å². The van der Waals surface area contributed by atoms with Crippen molar-refractivity contribution in [1.82, 2.24) is 25.1 Å². The maximum absolute atomic E-state index is 9.55. The van der Waals surface area contributed by atoms with Crippen LogP contribution in [0.15, 0.2) is 48.9 Å². The number of rotatable bonds is 4. The monoisotopic (exact) mass is 482 g/mol. The zero-order valence-electron chi connectivity index (χ0n) is 21.0. The molecular weight excluding hydrogens is 448 g/mol. The number of fused-ring (bicyclic) bond motifs is 2. The van der Waals surface area contributed by atoms with Crippen LogP contribution in [-0.4, -0.2) is 90.8 Å². The summed E-state index contributed by atoms with van der Waals surface area (Å²) in [6.07, 6.45) is 5.81. The number of aromatic nitrogens is 2. The van der Waals surface area contributed by atoms with Gasteiger partial charge in [0.2, 0.25) is 0 Å². The summed E-state index contributed by atoms with van der Waals surface area (Å²) < 4.78 is 0. The predicted molar refractivity (Wildman–Crippen MR) is 143 cm³/mol. The van der Waals surface area contributed by atoms with E-state index < -0.39 is 0 Å². The van der Waals surface area contributed by atoms with Gasteiger partial charge in [0, 0.05) is 101 Å². The molecule has 0 aliphatic carbocycles. The molecule has 3 fully saturated rings. The van der Waals surface area contributed by atoms with E-state index in [1.54, 1.807) is 6.20 Å². The Morgan fingerprint density at radius 3 is 2.78 bits per heavy atom. The standard InChI is InChI=1S/C28H34N8/c1-21-17-35(27-5-4-23(14-29)28-26(27)3-2-6-32-28)20-25-19-33(11-12-36(21)25)18-22-13-24(16-31-15-22)34-9-7-30-8-10-34/h2-6,13,15-16,21,25,30H,7-12,17-20H2,1H3. The van der Waals surface area contributed by atoms with Gasteiger partial charge in [-0.15, -0.1) is 0 Å². The third kappa shape index (κ3) is 4.50. The Morgan fingerprint density at radius 2 is 1.92 bits per heavy atom. The molecule has 0 amide bonds. The summed E-state index contributed by atoms with van der Waals surface area (Å²) in [7, 11) is 0. The van der Waals surface area contributed by atoms with Crippen molar-refractivity contribution in [3.8, 4) is 6.07 Å². The molecular formula is C28H34N8. The zero-order valence-corrected chi connectivity index (χ0v) is 21.0. The molecule has 2 unspecified atom stereocenters. The minimum atomic E-state index is 0.467. The molecule has 0 bridgehead atoms. The number of pyridine rings is 2. The van der Waals surface area contributed by atoms with Crippen LogP contribution >= 0.6 is 0 Å². The smallest absolute Gasteiger partial charge is 0.101 e. The van der Waals surface area contributed by atoms with Gasteiger partial charge in [0.1, 0.15) is 6.07 Å². The Bertz CT molecular complexity index is 1260. The molecule has 0 spiro atoms. The molecule has 1 aromatic carbocycles. The van der Waals surface area contributed by atoms with Crippen LogP contribution in [0.2, 0.25) is 0 Å². The van der Waals surface area contributed by atoms with Gasteiger partial charge >= 0.3 is 0 Å². The van der Waals surface area contributed by atoms with Crippen LogP contribution in [0.3, 0.4) is 0 Å². The number of nitriles is 1. The normalized spacial score (nSPS) is 23.4. The fourth-order valence-electron chi connectivity index (χ4n) is 6.21. The summed E-state index contributed by atoms with van der Waals surface area (Å²) in [5, 5.41) is 14.0. The number of nitrogens with zero attached hydrogens (tertiary/aromatic N) is 7. The van der Waals surface area contributed by atoms with E-state index in [0.717, 1.165) is 76.4 Å². The highest BCUT2D eigenvalue weighted by Crippen LogP contribution is 2.32. The number of hydrogen-bond acceptors (Lipinski definition) is 8. The molecule has 3 aliphatic rings. The van der Waals surface area contributed by atoms with Gasteiger partial charge in [-0.05, 0) is 42.8 Å². The molecule has 2 aromatic heterocycles. The van der Waals surface area contributed by atoms with Crippen LogP contribution in [0.25, 0.3) is 10.9 Å². The Labute approximate surface area is 213 Å². The molecule has 3 saturated heterocycles. The lowest BCUT2D eigenvalue weighted by Crippen LogP contribution is -2.65. The van der Waals surface area contributed by atoms with Crippen molar-refractivity contribution in [3.05, 3.63) is 60.0 Å². The summed E-state index contributed by atoms with van der Waals surface area (Å²) in [6, 6.07) is 13.7. The first-order chi connectivity index (χ1) is 17.7. The second-order valence-corrected chi connectivity index (χ2v) is 10.3. The quantitative estimate of drug-likeness (QED) is 0.607. The van der Waals surface area contributed by atoms with Gasteiger partial charge in [0.25, 0.3) is 0 Å². The topological polar surface area (TPSA) is 74.6 Å². The molecule has 0 saturated carbocycles. The maximum Gasteiger partial charge on any atom is 0.101 e. The van der Waals surface area contributed by atoms with Gasteiger partial charge < -0.3 is 15.1 Å². The second kappa shape index (κ2) is 10.0. The highest BCUT2D eigenvalue weighted by Gasteiger charge is 2.36. The first kappa shape index (κ1) is 23.2. The number of anilines is 2. The molecule has 8 nitrogen and oxygen atoms in total. The average molecular weight is 483 g/mol. The van der Waals surface area contributed by atoms with Crippen LogP contribution in [0.5, 0.6) is 0 Å². The Hall–Kier alpha value is -3.25. The van der Waals surface area contributed by atoms with Gasteiger partial charge in [0.05, 0.1) is 23.0 Å². The minimum absolute atomic E-state index is 0.467. The minimum Gasteiger partial charge on any atom is -0.368 e. The van der Waals surface area contributed by atoms with Crippen LogP contribution in [0, 0.1) is 11.3 Å². The van der Waals surface area contributed by atoms with Crippen LogP contribution < -0.4 is 15.1 Å². The zero-order chi connectivity index (χ0) is 24.5. The summed E-state index contributed by atoms with van der Waals surface area (Å²) in [5.74, 6) is 0. The number of hydrogen-bond donors (Lipinski definition) is 1. The van der Waals surface area contributed by atoms with E-state index in [1.807, 2.05) is 24.5 Å². The van der Waals surface area contributed by atoms with Crippen LogP contribution in [-0.2, 0) is 6.54 Å². The molecule has 1 N–H and O–H groups in total. The molecule has 36 heavy (non-hydrogen) atoms. The highest BCUT2D eigenvalue weighted by atomic mass is 15.4. The van der Waals surface area contributed by atoms with Crippen molar-refractivity contribution in [2.24, 2.45) is 0 Å². The second-order valence-electron chi connectivity index (χ2n) is 10.3. The van der Waals surface area contributed by atoms with E-state index in [1.165, 1.54) is 16.9 Å². The van der Waals surface area contributed by atoms with Gasteiger partial charge in [-0.3, -0.25) is 19.8 Å². The third-order valence-corrected chi connectivity index (χ3v) is 7.97. The largest absolute Gasteiger partial charge is 0.368 e. The van der Waals surface area contributed by atoms with Gasteiger partial charge in [-0.1, -0.05) is 0 Å². The van der Waals surface area contributed by atoms with Crippen molar-refractivity contribution < 1.29 is 0 Å². The fraction of sp³-hybridized carbons (Fsp3) is 0.464. The lowest BCUT2D eigenvalue weighted by Gasteiger charge is -2.51. The number of piperazine rings is 3. The molecule has 8 heteroatoms. The SMILES string of the molecule is CC1CN(c2ccc(C#N)c3ncccc23)CC2CN(Cc3cncc(N4CCNCC4)c3)CCN12. The van der Waals surface area contributed by atoms with Crippen molar-refractivity contribution in [3.63, 3.8) is 0 Å². The van der Waals surface area contributed by atoms with E-state index in [4.69, 9.17) is 0 Å². The summed E-state index contributed by atoms with van der Waals surface area (Å²) >= 11 is 0. The molecule has 3 aromatic rings.